The van der Waals surface area contributed by atoms with E-state index in [-0.39, 0.29) is 37.7 Å². The van der Waals surface area contributed by atoms with Crippen LogP contribution in [0.25, 0.3) is 0 Å². The molecule has 0 heterocycles. The molecule has 0 aliphatic carbocycles. The molecule has 1 atom stereocenters. The molecule has 2 amide bonds. The van der Waals surface area contributed by atoms with Crippen molar-refractivity contribution in [1.82, 2.24) is 10.2 Å². The maximum Gasteiger partial charge on any atom is 0.242 e. The van der Waals surface area contributed by atoms with Gasteiger partial charge in [0.25, 0.3) is 0 Å². The van der Waals surface area contributed by atoms with Gasteiger partial charge < -0.3 is 15.0 Å². The number of carbonyl (C=O) groups excluding carboxylic acids is 2. The van der Waals surface area contributed by atoms with Crippen molar-refractivity contribution < 1.29 is 22.7 Å². The maximum absolute atomic E-state index is 13.5. The van der Waals surface area contributed by atoms with Crippen LogP contribution in [0.2, 0.25) is 10.0 Å². The second kappa shape index (κ2) is 15.2. The number of anilines is 1. The highest BCUT2D eigenvalue weighted by molar-refractivity contribution is 7.92. The van der Waals surface area contributed by atoms with Gasteiger partial charge >= 0.3 is 0 Å². The second-order valence-electron chi connectivity index (χ2n) is 8.98. The van der Waals surface area contributed by atoms with Gasteiger partial charge in [0.15, 0.2) is 0 Å². The number of ether oxygens (including phenoxy) is 1. The van der Waals surface area contributed by atoms with E-state index in [0.29, 0.717) is 34.4 Å². The molecule has 38 heavy (non-hydrogen) atoms. The van der Waals surface area contributed by atoms with Gasteiger partial charge in [-0.25, -0.2) is 8.42 Å². The summed E-state index contributed by atoms with van der Waals surface area (Å²) < 4.78 is 31.4. The van der Waals surface area contributed by atoms with Gasteiger partial charge in [0.1, 0.15) is 11.8 Å². The minimum atomic E-state index is -3.58. The molecule has 0 bridgehead atoms. The predicted molar refractivity (Wildman–Crippen MR) is 153 cm³/mol. The van der Waals surface area contributed by atoms with E-state index in [2.05, 4.69) is 5.32 Å². The van der Waals surface area contributed by atoms with Crippen LogP contribution in [0, 0.1) is 0 Å². The number of sulfonamides is 1. The quantitative estimate of drug-likeness (QED) is 0.287. The summed E-state index contributed by atoms with van der Waals surface area (Å²) in [7, 11) is -2.05. The van der Waals surface area contributed by atoms with Crippen LogP contribution in [0.3, 0.4) is 0 Å². The molecule has 0 aromatic heterocycles. The van der Waals surface area contributed by atoms with Crippen LogP contribution in [0.15, 0.2) is 42.5 Å². The fourth-order valence-corrected chi connectivity index (χ4v) is 5.30. The van der Waals surface area contributed by atoms with Gasteiger partial charge in [0.2, 0.25) is 21.8 Å². The Morgan fingerprint density at radius 2 is 1.71 bits per heavy atom. The van der Waals surface area contributed by atoms with Crippen molar-refractivity contribution in [2.24, 2.45) is 0 Å². The van der Waals surface area contributed by atoms with Crippen molar-refractivity contribution in [2.75, 3.05) is 30.8 Å². The number of carbonyl (C=O) groups is 2. The zero-order chi connectivity index (χ0) is 28.3. The van der Waals surface area contributed by atoms with E-state index in [1.807, 2.05) is 13.8 Å². The summed E-state index contributed by atoms with van der Waals surface area (Å²) in [6.45, 7) is 4.70. The van der Waals surface area contributed by atoms with Crippen LogP contribution in [0.5, 0.6) is 5.75 Å². The highest BCUT2D eigenvalue weighted by Crippen LogP contribution is 2.25. The van der Waals surface area contributed by atoms with Gasteiger partial charge in [-0.3, -0.25) is 13.9 Å². The molecular formula is C27H37Cl2N3O5S. The number of halogens is 2. The first-order chi connectivity index (χ1) is 18.0. The van der Waals surface area contributed by atoms with Crippen LogP contribution in [0.4, 0.5) is 5.69 Å². The van der Waals surface area contributed by atoms with E-state index >= 15 is 0 Å². The SMILES string of the molecule is CCCCNC(=O)[C@H](CC)N(Cc1ccc(Cl)c(Cl)c1)C(=O)CCCN(c1ccc(OC)cc1)S(C)(=O)=O. The molecule has 0 saturated heterocycles. The Balaban J connectivity index is 2.22. The van der Waals surface area contributed by atoms with E-state index < -0.39 is 16.1 Å². The molecule has 1 N–H and O–H groups in total. The van der Waals surface area contributed by atoms with Crippen molar-refractivity contribution in [3.05, 3.63) is 58.1 Å². The van der Waals surface area contributed by atoms with Gasteiger partial charge in [-0.1, -0.05) is 49.5 Å². The zero-order valence-corrected chi connectivity index (χ0v) is 24.7. The third-order valence-corrected chi connectivity index (χ3v) is 8.00. The molecule has 210 valence electrons. The average Bonchev–Trinajstić information content (AvgIpc) is 2.88. The number of benzene rings is 2. The van der Waals surface area contributed by atoms with Gasteiger partial charge in [-0.05, 0) is 61.2 Å². The summed E-state index contributed by atoms with van der Waals surface area (Å²) >= 11 is 12.2. The summed E-state index contributed by atoms with van der Waals surface area (Å²) in [5.74, 6) is 0.139. The second-order valence-corrected chi connectivity index (χ2v) is 11.7. The summed E-state index contributed by atoms with van der Waals surface area (Å²) in [5.41, 5.74) is 1.22. The predicted octanol–water partition coefficient (Wildman–Crippen LogP) is 5.27. The molecular weight excluding hydrogens is 549 g/mol. The Morgan fingerprint density at radius 1 is 1.03 bits per heavy atom. The summed E-state index contributed by atoms with van der Waals surface area (Å²) in [4.78, 5) is 28.0. The van der Waals surface area contributed by atoms with Crippen molar-refractivity contribution in [1.29, 1.82) is 0 Å². The number of amides is 2. The minimum Gasteiger partial charge on any atom is -0.497 e. The summed E-state index contributed by atoms with van der Waals surface area (Å²) in [6, 6.07) is 11.1. The molecule has 2 aromatic carbocycles. The molecule has 0 fully saturated rings. The molecule has 0 aliphatic heterocycles. The van der Waals surface area contributed by atoms with E-state index in [1.54, 1.807) is 47.4 Å². The Labute approximate surface area is 236 Å². The standard InChI is InChI=1S/C27H37Cl2N3O5S/c1-5-7-16-30-27(34)25(6-2)31(19-20-10-15-23(28)24(29)18-20)26(33)9-8-17-32(38(4,35)36)21-11-13-22(37-3)14-12-21/h10-15,18,25H,5-9,16-17,19H2,1-4H3,(H,30,34)/t25-/m0/s1. The fourth-order valence-electron chi connectivity index (χ4n) is 4.01. The third kappa shape index (κ3) is 9.36. The average molecular weight is 587 g/mol. The maximum atomic E-state index is 13.5. The molecule has 2 aromatic rings. The molecule has 8 nitrogen and oxygen atoms in total. The lowest BCUT2D eigenvalue weighted by Gasteiger charge is -2.31. The Kier molecular flexibility index (Phi) is 12.7. The van der Waals surface area contributed by atoms with Crippen LogP contribution in [-0.4, -0.2) is 57.6 Å². The highest BCUT2D eigenvalue weighted by Gasteiger charge is 2.29. The number of hydrogen-bond acceptors (Lipinski definition) is 5. The smallest absolute Gasteiger partial charge is 0.242 e. The van der Waals surface area contributed by atoms with Crippen molar-refractivity contribution >= 4 is 50.7 Å². The lowest BCUT2D eigenvalue weighted by Crippen LogP contribution is -2.49. The van der Waals surface area contributed by atoms with Crippen LogP contribution < -0.4 is 14.4 Å². The van der Waals surface area contributed by atoms with Gasteiger partial charge in [-0.2, -0.15) is 0 Å². The van der Waals surface area contributed by atoms with Gasteiger partial charge in [0, 0.05) is 26.1 Å². The van der Waals surface area contributed by atoms with Gasteiger partial charge in [0.05, 0.1) is 29.1 Å². The topological polar surface area (TPSA) is 96.0 Å². The number of nitrogens with one attached hydrogen (secondary N) is 1. The number of rotatable bonds is 15. The first-order valence-electron chi connectivity index (χ1n) is 12.6. The fraction of sp³-hybridized carbons (Fsp3) is 0.481. The molecule has 11 heteroatoms. The van der Waals surface area contributed by atoms with E-state index in [0.717, 1.165) is 24.7 Å². The molecule has 0 saturated carbocycles. The van der Waals surface area contributed by atoms with Crippen LogP contribution >= 0.6 is 23.2 Å². The van der Waals surface area contributed by atoms with Crippen LogP contribution in [0.1, 0.15) is 51.5 Å². The van der Waals surface area contributed by atoms with Crippen molar-refractivity contribution in [3.8, 4) is 5.75 Å². The lowest BCUT2D eigenvalue weighted by molar-refractivity contribution is -0.141. The molecule has 2 rings (SSSR count). The third-order valence-electron chi connectivity index (χ3n) is 6.06. The van der Waals surface area contributed by atoms with Crippen LogP contribution in [-0.2, 0) is 26.2 Å². The number of methoxy groups -OCH3 is 1. The first kappa shape index (κ1) is 31.7. The number of nitrogens with zero attached hydrogens (tertiary/aromatic N) is 2. The van der Waals surface area contributed by atoms with E-state index in [4.69, 9.17) is 27.9 Å². The molecule has 0 spiro atoms. The van der Waals surface area contributed by atoms with Crippen molar-refractivity contribution in [3.63, 3.8) is 0 Å². The first-order valence-corrected chi connectivity index (χ1v) is 15.2. The van der Waals surface area contributed by atoms with E-state index in [9.17, 15) is 18.0 Å². The summed E-state index contributed by atoms with van der Waals surface area (Å²) in [5, 5.41) is 3.68. The monoisotopic (exact) mass is 585 g/mol. The lowest BCUT2D eigenvalue weighted by atomic mass is 10.1. The Bertz CT molecular complexity index is 1180. The molecule has 0 aliphatic rings. The van der Waals surface area contributed by atoms with Gasteiger partial charge in [-0.15, -0.1) is 0 Å². The molecule has 0 unspecified atom stereocenters. The van der Waals surface area contributed by atoms with Crippen molar-refractivity contribution in [2.45, 2.75) is 58.5 Å². The normalized spacial score (nSPS) is 12.1. The Hall–Kier alpha value is -2.49. The summed E-state index contributed by atoms with van der Waals surface area (Å²) in [6.07, 6.45) is 3.66. The van der Waals surface area contributed by atoms with E-state index in [1.165, 1.54) is 11.4 Å². The molecule has 0 radical (unpaired) electrons. The number of hydrogen-bond donors (Lipinski definition) is 1. The highest BCUT2D eigenvalue weighted by atomic mass is 35.5. The largest absolute Gasteiger partial charge is 0.497 e. The zero-order valence-electron chi connectivity index (χ0n) is 22.4. The minimum absolute atomic E-state index is 0.0578. The Morgan fingerprint density at radius 3 is 2.26 bits per heavy atom. The number of unbranched alkanes of at least 4 members (excludes halogenated alkanes) is 1.